The van der Waals surface area contributed by atoms with E-state index in [1.807, 2.05) is 67.6 Å². The Morgan fingerprint density at radius 3 is 2.60 bits per heavy atom. The van der Waals surface area contributed by atoms with Crippen molar-refractivity contribution < 1.29 is 23.5 Å². The summed E-state index contributed by atoms with van der Waals surface area (Å²) in [4.78, 5) is 46.4. The third-order valence-electron chi connectivity index (χ3n) is 6.81. The van der Waals surface area contributed by atoms with Crippen LogP contribution >= 0.6 is 11.3 Å². The Balaban J connectivity index is 1.50. The largest absolute Gasteiger partial charge is 0.489 e. The van der Waals surface area contributed by atoms with Crippen molar-refractivity contribution in [1.29, 1.82) is 0 Å². The maximum absolute atomic E-state index is 13.9. The summed E-state index contributed by atoms with van der Waals surface area (Å²) in [5.41, 5.74) is 3.22. The van der Waals surface area contributed by atoms with Crippen LogP contribution in [-0.2, 0) is 11.3 Å². The van der Waals surface area contributed by atoms with Gasteiger partial charge in [0.05, 0.1) is 29.8 Å². The van der Waals surface area contributed by atoms with Crippen LogP contribution in [0.1, 0.15) is 54.2 Å². The molecule has 1 amide bonds. The number of hydrogen-bond acceptors (Lipinski definition) is 8. The Kier molecular flexibility index (Phi) is 6.43. The monoisotopic (exact) mass is 552 g/mol. The molecule has 0 fully saturated rings. The Hall–Kier alpha value is -4.76. The molecule has 0 radical (unpaired) electrons. The van der Waals surface area contributed by atoms with Crippen LogP contribution in [0.2, 0.25) is 0 Å². The number of rotatable bonds is 6. The molecule has 1 aliphatic heterocycles. The van der Waals surface area contributed by atoms with E-state index >= 15 is 0 Å². The number of fused-ring (bicyclic) bond motifs is 2. The number of esters is 1. The molecule has 40 heavy (non-hydrogen) atoms. The van der Waals surface area contributed by atoms with Crippen LogP contribution < -0.4 is 15.1 Å². The molecule has 2 aromatic heterocycles. The minimum Gasteiger partial charge on any atom is -0.489 e. The van der Waals surface area contributed by atoms with Gasteiger partial charge in [-0.1, -0.05) is 65.4 Å². The van der Waals surface area contributed by atoms with E-state index in [1.54, 1.807) is 19.1 Å². The molecule has 6 rings (SSSR count). The molecule has 3 aromatic carbocycles. The molecule has 1 atom stereocenters. The molecule has 1 aliphatic rings. The predicted octanol–water partition coefficient (Wildman–Crippen LogP) is 5.98. The lowest BCUT2D eigenvalue weighted by Gasteiger charge is -2.23. The number of nitrogens with zero attached hydrogens (tertiary/aromatic N) is 2. The van der Waals surface area contributed by atoms with Gasteiger partial charge in [0.2, 0.25) is 5.76 Å². The van der Waals surface area contributed by atoms with Crippen LogP contribution in [0, 0.1) is 13.8 Å². The van der Waals surface area contributed by atoms with E-state index in [2.05, 4.69) is 4.98 Å². The number of methoxy groups -OCH3 is 1. The van der Waals surface area contributed by atoms with E-state index in [0.29, 0.717) is 34.6 Å². The fourth-order valence-electron chi connectivity index (χ4n) is 4.88. The van der Waals surface area contributed by atoms with E-state index in [4.69, 9.17) is 13.9 Å². The first-order valence-corrected chi connectivity index (χ1v) is 13.4. The van der Waals surface area contributed by atoms with Crippen molar-refractivity contribution in [2.24, 2.45) is 0 Å². The molecule has 200 valence electrons. The van der Waals surface area contributed by atoms with Crippen LogP contribution in [0.25, 0.3) is 11.0 Å². The van der Waals surface area contributed by atoms with Gasteiger partial charge in [0.15, 0.2) is 10.6 Å². The quantitative estimate of drug-likeness (QED) is 0.239. The van der Waals surface area contributed by atoms with Crippen LogP contribution in [0.4, 0.5) is 5.13 Å². The Morgan fingerprint density at radius 1 is 1.02 bits per heavy atom. The number of ether oxygens (including phenoxy) is 2. The molecular weight excluding hydrogens is 528 g/mol. The lowest BCUT2D eigenvalue weighted by molar-refractivity contribution is 0.0605. The van der Waals surface area contributed by atoms with Crippen molar-refractivity contribution in [3.05, 3.63) is 122 Å². The molecule has 0 saturated heterocycles. The van der Waals surface area contributed by atoms with Gasteiger partial charge < -0.3 is 13.9 Å². The zero-order valence-corrected chi connectivity index (χ0v) is 22.8. The first kappa shape index (κ1) is 25.5. The lowest BCUT2D eigenvalue weighted by Crippen LogP contribution is -2.29. The normalized spacial score (nSPS) is 14.4. The molecule has 5 aromatic rings. The maximum Gasteiger partial charge on any atom is 0.350 e. The average molecular weight is 553 g/mol. The van der Waals surface area contributed by atoms with Gasteiger partial charge in [-0.15, -0.1) is 0 Å². The van der Waals surface area contributed by atoms with E-state index in [-0.39, 0.29) is 26.8 Å². The van der Waals surface area contributed by atoms with E-state index < -0.39 is 17.9 Å². The number of hydrogen-bond donors (Lipinski definition) is 0. The highest BCUT2D eigenvalue weighted by Crippen LogP contribution is 2.43. The van der Waals surface area contributed by atoms with Crippen molar-refractivity contribution in [2.75, 3.05) is 12.0 Å². The molecule has 3 heterocycles. The molecule has 0 bridgehead atoms. The first-order chi connectivity index (χ1) is 19.4. The summed E-state index contributed by atoms with van der Waals surface area (Å²) in [5.74, 6) is -0.530. The minimum atomic E-state index is -0.847. The van der Waals surface area contributed by atoms with E-state index in [1.165, 1.54) is 12.0 Å². The topological polar surface area (TPSA) is 98.9 Å². The number of aryl methyl sites for hydroxylation is 2. The van der Waals surface area contributed by atoms with Crippen molar-refractivity contribution in [3.8, 4) is 5.75 Å². The highest BCUT2D eigenvalue weighted by molar-refractivity contribution is 7.17. The molecular formula is C31H24N2O6S. The standard InChI is InChI=1S/C31H24N2O6S/c1-17-12-13-23-22(14-17)26(34)24-25(20-10-7-11-21(15-20)38-16-19-8-5-4-6-9-19)33(29(35)27(24)39-23)31-32-18(2)28(40-31)30(36)37-3/h4-15,25H,16H2,1-3H3. The smallest absolute Gasteiger partial charge is 0.350 e. The fraction of sp³-hybridized carbons (Fsp3) is 0.161. The summed E-state index contributed by atoms with van der Waals surface area (Å²) >= 11 is 1.03. The summed E-state index contributed by atoms with van der Waals surface area (Å²) in [7, 11) is 1.29. The summed E-state index contributed by atoms with van der Waals surface area (Å²) in [5, 5.41) is 0.648. The first-order valence-electron chi connectivity index (χ1n) is 12.6. The highest BCUT2D eigenvalue weighted by atomic mass is 32.1. The average Bonchev–Trinajstić information content (AvgIpc) is 3.49. The number of carbonyl (C=O) groups is 2. The van der Waals surface area contributed by atoms with E-state index in [9.17, 15) is 14.4 Å². The molecule has 9 heteroatoms. The van der Waals surface area contributed by atoms with Gasteiger partial charge in [-0.2, -0.15) is 0 Å². The van der Waals surface area contributed by atoms with Gasteiger partial charge in [0.25, 0.3) is 5.91 Å². The molecule has 8 nitrogen and oxygen atoms in total. The van der Waals surface area contributed by atoms with Gasteiger partial charge in [0.1, 0.15) is 22.8 Å². The second-order valence-corrected chi connectivity index (χ2v) is 10.5. The van der Waals surface area contributed by atoms with E-state index in [0.717, 1.165) is 22.5 Å². The molecule has 0 saturated carbocycles. The van der Waals surface area contributed by atoms with Gasteiger partial charge >= 0.3 is 5.97 Å². The summed E-state index contributed by atoms with van der Waals surface area (Å²) in [6, 6.07) is 21.5. The molecule has 0 N–H and O–H groups in total. The zero-order chi connectivity index (χ0) is 28.0. The van der Waals surface area contributed by atoms with Crippen molar-refractivity contribution in [1.82, 2.24) is 4.98 Å². The molecule has 0 spiro atoms. The molecule has 0 aliphatic carbocycles. The Morgan fingerprint density at radius 2 is 1.82 bits per heavy atom. The van der Waals surface area contributed by atoms with Crippen molar-refractivity contribution >= 4 is 39.3 Å². The number of amides is 1. The van der Waals surface area contributed by atoms with Crippen LogP contribution in [-0.4, -0.2) is 24.0 Å². The third-order valence-corrected chi connectivity index (χ3v) is 7.95. The van der Waals surface area contributed by atoms with Gasteiger partial charge in [-0.25, -0.2) is 9.78 Å². The lowest BCUT2D eigenvalue weighted by atomic mass is 9.98. The number of benzene rings is 3. The second kappa shape index (κ2) is 10.1. The predicted molar refractivity (Wildman–Crippen MR) is 151 cm³/mol. The number of aromatic nitrogens is 1. The van der Waals surface area contributed by atoms with Crippen LogP contribution in [0.3, 0.4) is 0 Å². The number of thiazole rings is 1. The van der Waals surface area contributed by atoms with Gasteiger partial charge in [-0.05, 0) is 49.2 Å². The third kappa shape index (κ3) is 4.34. The minimum absolute atomic E-state index is 0.0468. The fourth-order valence-corrected chi connectivity index (χ4v) is 5.89. The summed E-state index contributed by atoms with van der Waals surface area (Å²) in [6.07, 6.45) is 0. The number of anilines is 1. The number of carbonyl (C=O) groups excluding carboxylic acids is 2. The SMILES string of the molecule is COC(=O)c1sc(N2C(=O)c3oc4ccc(C)cc4c(=O)c3C2c2cccc(OCc3ccccc3)c2)nc1C. The highest BCUT2D eigenvalue weighted by Gasteiger charge is 2.45. The molecule has 1 unspecified atom stereocenters. The summed E-state index contributed by atoms with van der Waals surface area (Å²) in [6.45, 7) is 3.92. The summed E-state index contributed by atoms with van der Waals surface area (Å²) < 4.78 is 17.0. The van der Waals surface area contributed by atoms with Crippen LogP contribution in [0.5, 0.6) is 5.75 Å². The van der Waals surface area contributed by atoms with Crippen molar-refractivity contribution in [2.45, 2.75) is 26.5 Å². The Bertz CT molecular complexity index is 1840. The van der Waals surface area contributed by atoms with Crippen molar-refractivity contribution in [3.63, 3.8) is 0 Å². The Labute approximate surface area is 233 Å². The maximum atomic E-state index is 13.9. The van der Waals surface area contributed by atoms with Gasteiger partial charge in [0, 0.05) is 0 Å². The second-order valence-electron chi connectivity index (χ2n) is 9.50. The zero-order valence-electron chi connectivity index (χ0n) is 22.0. The van der Waals surface area contributed by atoms with Gasteiger partial charge in [-0.3, -0.25) is 14.5 Å². The van der Waals surface area contributed by atoms with Crippen LogP contribution in [0.15, 0.2) is 82.0 Å².